The van der Waals surface area contributed by atoms with Gasteiger partial charge in [0.15, 0.2) is 4.60 Å². The van der Waals surface area contributed by atoms with Crippen LogP contribution in [0, 0.1) is 0 Å². The summed E-state index contributed by atoms with van der Waals surface area (Å²) in [6.07, 6.45) is 0.609. The highest BCUT2D eigenvalue weighted by Gasteiger charge is 2.29. The lowest BCUT2D eigenvalue weighted by Crippen LogP contribution is -2.33. The minimum Gasteiger partial charge on any atom is -0.235 e. The van der Waals surface area contributed by atoms with E-state index in [9.17, 15) is 8.42 Å². The third-order valence-electron chi connectivity index (χ3n) is 2.22. The molecule has 0 saturated heterocycles. The lowest BCUT2D eigenvalue weighted by molar-refractivity contribution is 0.421. The van der Waals surface area contributed by atoms with Gasteiger partial charge in [0, 0.05) is 26.0 Å². The molecule has 0 aliphatic heterocycles. The fourth-order valence-corrected chi connectivity index (χ4v) is 4.04. The van der Waals surface area contributed by atoms with E-state index in [1.807, 2.05) is 0 Å². The Balaban J connectivity index is 3.09. The first kappa shape index (κ1) is 14.9. The van der Waals surface area contributed by atoms with E-state index in [-0.39, 0.29) is 9.63 Å². The van der Waals surface area contributed by atoms with E-state index in [2.05, 4.69) is 26.2 Å². The van der Waals surface area contributed by atoms with Gasteiger partial charge in [-0.1, -0.05) is 12.1 Å². The summed E-state index contributed by atoms with van der Waals surface area (Å²) in [6.45, 7) is 2.56. The second-order valence-corrected chi connectivity index (χ2v) is 6.33. The predicted molar refractivity (Wildman–Crippen MR) is 68.5 cm³/mol. The first-order chi connectivity index (χ1) is 7.95. The van der Waals surface area contributed by atoms with E-state index in [4.69, 9.17) is 11.6 Å². The average molecular weight is 346 g/mol. The Kier molecular flexibility index (Phi) is 5.36. The van der Waals surface area contributed by atoms with E-state index < -0.39 is 10.0 Å². The van der Waals surface area contributed by atoms with Crippen LogP contribution in [0.4, 0.5) is 0 Å². The van der Waals surface area contributed by atoms with E-state index in [1.165, 1.54) is 8.99 Å². The Bertz CT molecular complexity index is 456. The largest absolute Gasteiger partial charge is 0.263 e. The van der Waals surface area contributed by atoms with Gasteiger partial charge >= 0.3 is 0 Å². The van der Waals surface area contributed by atoms with Crippen molar-refractivity contribution in [2.45, 2.75) is 18.4 Å². The summed E-state index contributed by atoms with van der Waals surface area (Å²) < 4.78 is 27.5. The zero-order valence-electron chi connectivity index (χ0n) is 9.60. The number of alkyl halides is 1. The monoisotopic (exact) mass is 344 g/mol. The average Bonchev–Trinajstić information content (AvgIpc) is 2.59. The molecule has 0 aromatic carbocycles. The fourth-order valence-electron chi connectivity index (χ4n) is 1.40. The van der Waals surface area contributed by atoms with Gasteiger partial charge in [0.25, 0.3) is 10.0 Å². The smallest absolute Gasteiger partial charge is 0.235 e. The number of aryl methyl sites for hydroxylation is 1. The van der Waals surface area contributed by atoms with Gasteiger partial charge in [-0.15, -0.1) is 16.7 Å². The van der Waals surface area contributed by atoms with Crippen molar-refractivity contribution in [1.82, 2.24) is 19.3 Å². The number of halogens is 2. The predicted octanol–water partition coefficient (Wildman–Crippen LogP) is 1.22. The van der Waals surface area contributed by atoms with Gasteiger partial charge in [-0.3, -0.25) is 0 Å². The van der Waals surface area contributed by atoms with Crippen molar-refractivity contribution in [2.75, 3.05) is 19.0 Å². The van der Waals surface area contributed by atoms with Crippen LogP contribution in [0.5, 0.6) is 0 Å². The van der Waals surface area contributed by atoms with Crippen LogP contribution in [0.3, 0.4) is 0 Å². The van der Waals surface area contributed by atoms with E-state index >= 15 is 0 Å². The minimum atomic E-state index is -3.58. The van der Waals surface area contributed by atoms with Crippen molar-refractivity contribution < 1.29 is 8.42 Å². The summed E-state index contributed by atoms with van der Waals surface area (Å²) >= 11 is 8.67. The van der Waals surface area contributed by atoms with Crippen molar-refractivity contribution in [3.8, 4) is 0 Å². The van der Waals surface area contributed by atoms with Crippen LogP contribution in [0.2, 0.25) is 0 Å². The number of rotatable bonds is 6. The molecule has 0 amide bonds. The maximum absolute atomic E-state index is 12.3. The van der Waals surface area contributed by atoms with Crippen LogP contribution >= 0.6 is 27.5 Å². The van der Waals surface area contributed by atoms with Crippen LogP contribution in [-0.2, 0) is 17.1 Å². The van der Waals surface area contributed by atoms with Gasteiger partial charge < -0.3 is 0 Å². The minimum absolute atomic E-state index is 0.0638. The van der Waals surface area contributed by atoms with E-state index in [0.29, 0.717) is 25.4 Å². The van der Waals surface area contributed by atoms with Gasteiger partial charge in [-0.25, -0.2) is 13.1 Å². The number of nitrogens with zero attached hydrogens (tertiary/aromatic N) is 4. The topological polar surface area (TPSA) is 68.1 Å². The van der Waals surface area contributed by atoms with Crippen LogP contribution in [0.15, 0.2) is 9.63 Å². The highest BCUT2D eigenvalue weighted by molar-refractivity contribution is 9.10. The molecule has 9 heteroatoms. The lowest BCUT2D eigenvalue weighted by atomic mass is 10.5. The molecule has 0 spiro atoms. The molecule has 1 aromatic heterocycles. The van der Waals surface area contributed by atoms with E-state index in [0.717, 1.165) is 0 Å². The standard InChI is InChI=1S/C8H14BrClN4O2S/c1-3-14(6-4-5-10)17(15,16)8-7(9)11-12-13(8)2/h3-6H2,1-2H3. The third kappa shape index (κ3) is 3.18. The second-order valence-electron chi connectivity index (χ2n) is 3.35. The summed E-state index contributed by atoms with van der Waals surface area (Å²) in [4.78, 5) is 0. The summed E-state index contributed by atoms with van der Waals surface area (Å²) in [5.41, 5.74) is 0. The molecule has 0 unspecified atom stereocenters. The summed E-state index contributed by atoms with van der Waals surface area (Å²) in [5, 5.41) is 7.41. The zero-order valence-corrected chi connectivity index (χ0v) is 12.8. The molecule has 0 aliphatic rings. The maximum Gasteiger partial charge on any atom is 0.263 e. The first-order valence-corrected chi connectivity index (χ1v) is 7.83. The van der Waals surface area contributed by atoms with Crippen molar-refractivity contribution in [3.05, 3.63) is 4.60 Å². The number of aromatic nitrogens is 3. The van der Waals surface area contributed by atoms with Crippen molar-refractivity contribution in [2.24, 2.45) is 7.05 Å². The Hall–Kier alpha value is -0.180. The Morgan fingerprint density at radius 2 is 2.18 bits per heavy atom. The molecule has 0 atom stereocenters. The molecular formula is C8H14BrClN4O2S. The second kappa shape index (κ2) is 6.12. The zero-order chi connectivity index (χ0) is 13.1. The molecule has 0 radical (unpaired) electrons. The fraction of sp³-hybridized carbons (Fsp3) is 0.750. The summed E-state index contributed by atoms with van der Waals surface area (Å²) in [5.74, 6) is 0.427. The molecule has 6 nitrogen and oxygen atoms in total. The Labute approximate surface area is 114 Å². The van der Waals surface area contributed by atoms with Crippen LogP contribution in [0.1, 0.15) is 13.3 Å². The van der Waals surface area contributed by atoms with Crippen LogP contribution in [-0.4, -0.2) is 46.7 Å². The highest BCUT2D eigenvalue weighted by Crippen LogP contribution is 2.22. The molecule has 98 valence electrons. The maximum atomic E-state index is 12.3. The van der Waals surface area contributed by atoms with Crippen LogP contribution < -0.4 is 0 Å². The van der Waals surface area contributed by atoms with Gasteiger partial charge in [0.1, 0.15) is 0 Å². The summed E-state index contributed by atoms with van der Waals surface area (Å²) in [7, 11) is -2.03. The lowest BCUT2D eigenvalue weighted by Gasteiger charge is -2.19. The third-order valence-corrected chi connectivity index (χ3v) is 5.35. The number of hydrogen-bond donors (Lipinski definition) is 0. The molecule has 1 aromatic rings. The normalized spacial score (nSPS) is 12.3. The number of sulfonamides is 1. The molecule has 0 N–H and O–H groups in total. The number of hydrogen-bond acceptors (Lipinski definition) is 4. The molecule has 0 aliphatic carbocycles. The Morgan fingerprint density at radius 3 is 2.59 bits per heavy atom. The molecule has 0 saturated carbocycles. The molecule has 0 fully saturated rings. The van der Waals surface area contributed by atoms with Crippen molar-refractivity contribution in [1.29, 1.82) is 0 Å². The van der Waals surface area contributed by atoms with E-state index in [1.54, 1.807) is 14.0 Å². The van der Waals surface area contributed by atoms with Crippen LogP contribution in [0.25, 0.3) is 0 Å². The first-order valence-electron chi connectivity index (χ1n) is 5.06. The molecule has 1 heterocycles. The molecule has 1 rings (SSSR count). The highest BCUT2D eigenvalue weighted by atomic mass is 79.9. The van der Waals surface area contributed by atoms with Gasteiger partial charge in [-0.2, -0.15) is 4.31 Å². The van der Waals surface area contributed by atoms with Crippen molar-refractivity contribution >= 4 is 37.6 Å². The summed E-state index contributed by atoms with van der Waals surface area (Å²) in [6, 6.07) is 0. The van der Waals surface area contributed by atoms with Crippen molar-refractivity contribution in [3.63, 3.8) is 0 Å². The Morgan fingerprint density at radius 1 is 1.53 bits per heavy atom. The molecular weight excluding hydrogens is 332 g/mol. The molecule has 0 bridgehead atoms. The SMILES string of the molecule is CCN(CCCCl)S(=O)(=O)c1c(Br)nnn1C. The van der Waals surface area contributed by atoms with Gasteiger partial charge in [0.2, 0.25) is 5.03 Å². The molecule has 17 heavy (non-hydrogen) atoms. The quantitative estimate of drug-likeness (QED) is 0.727. The van der Waals surface area contributed by atoms with Gasteiger partial charge in [-0.05, 0) is 22.4 Å². The van der Waals surface area contributed by atoms with Gasteiger partial charge in [0.05, 0.1) is 0 Å².